The van der Waals surface area contributed by atoms with Crippen molar-refractivity contribution in [3.63, 3.8) is 0 Å². The van der Waals surface area contributed by atoms with Gasteiger partial charge in [-0.1, -0.05) is 18.2 Å². The summed E-state index contributed by atoms with van der Waals surface area (Å²) in [6, 6.07) is 11.4. The van der Waals surface area contributed by atoms with Gasteiger partial charge in [0, 0.05) is 36.8 Å². The minimum absolute atomic E-state index is 0.0451. The van der Waals surface area contributed by atoms with Crippen LogP contribution in [0.5, 0.6) is 11.5 Å². The Morgan fingerprint density at radius 2 is 1.81 bits per heavy atom. The Labute approximate surface area is 181 Å². The molecule has 3 rings (SSSR count). The largest absolute Gasteiger partial charge is 0.493 e. The first-order valence-corrected chi connectivity index (χ1v) is 10.2. The first-order chi connectivity index (χ1) is 15.0. The van der Waals surface area contributed by atoms with Gasteiger partial charge in [-0.15, -0.1) is 0 Å². The van der Waals surface area contributed by atoms with Crippen molar-refractivity contribution in [1.82, 2.24) is 10.2 Å². The maximum absolute atomic E-state index is 13.6. The molecule has 31 heavy (non-hydrogen) atoms. The third-order valence-electron chi connectivity index (χ3n) is 5.42. The van der Waals surface area contributed by atoms with Gasteiger partial charge in [0.1, 0.15) is 5.82 Å². The average Bonchev–Trinajstić information content (AvgIpc) is 2.81. The lowest BCUT2D eigenvalue weighted by atomic mass is 9.96. The normalized spacial score (nSPS) is 14.5. The quantitative estimate of drug-likeness (QED) is 0.688. The van der Waals surface area contributed by atoms with Crippen molar-refractivity contribution < 1.29 is 23.5 Å². The molecular formula is C24H27FN2O4. The molecule has 1 aliphatic rings. The maximum Gasteiger partial charge on any atom is 0.253 e. The molecule has 0 saturated carbocycles. The number of methoxy groups -OCH3 is 2. The average molecular weight is 426 g/mol. The lowest BCUT2D eigenvalue weighted by Gasteiger charge is -2.32. The number of halogens is 1. The summed E-state index contributed by atoms with van der Waals surface area (Å²) in [7, 11) is 3.09. The van der Waals surface area contributed by atoms with Gasteiger partial charge in [-0.25, -0.2) is 4.39 Å². The van der Waals surface area contributed by atoms with E-state index in [2.05, 4.69) is 5.32 Å². The van der Waals surface area contributed by atoms with Crippen LogP contribution in [0.25, 0.3) is 6.08 Å². The highest BCUT2D eigenvalue weighted by Gasteiger charge is 2.24. The van der Waals surface area contributed by atoms with E-state index in [0.717, 1.165) is 12.8 Å². The van der Waals surface area contributed by atoms with Crippen LogP contribution < -0.4 is 14.8 Å². The number of benzene rings is 2. The first-order valence-electron chi connectivity index (χ1n) is 10.2. The van der Waals surface area contributed by atoms with E-state index in [1.807, 2.05) is 4.90 Å². The molecular weight excluding hydrogens is 399 g/mol. The lowest BCUT2D eigenvalue weighted by molar-refractivity contribution is -0.116. The summed E-state index contributed by atoms with van der Waals surface area (Å²) in [6.07, 6.45) is 4.41. The highest BCUT2D eigenvalue weighted by molar-refractivity contribution is 5.95. The van der Waals surface area contributed by atoms with Gasteiger partial charge in [-0.3, -0.25) is 9.59 Å². The van der Waals surface area contributed by atoms with Crippen molar-refractivity contribution in [2.45, 2.75) is 12.8 Å². The number of piperidine rings is 1. The van der Waals surface area contributed by atoms with E-state index in [9.17, 15) is 14.0 Å². The van der Waals surface area contributed by atoms with Gasteiger partial charge in [0.2, 0.25) is 5.91 Å². The number of amides is 2. The van der Waals surface area contributed by atoms with Gasteiger partial charge in [0.25, 0.3) is 5.91 Å². The SMILES string of the molecule is COc1ccc(C(=O)N2CCC(CNC(=O)/C=C/c3ccccc3F)CC2)cc1OC. The van der Waals surface area contributed by atoms with Crippen LogP contribution in [0.1, 0.15) is 28.8 Å². The number of hydrogen-bond acceptors (Lipinski definition) is 4. The molecule has 164 valence electrons. The maximum atomic E-state index is 13.6. The third kappa shape index (κ3) is 5.84. The predicted molar refractivity (Wildman–Crippen MR) is 117 cm³/mol. The Hall–Kier alpha value is -3.35. The molecule has 7 heteroatoms. The molecule has 1 fully saturated rings. The summed E-state index contributed by atoms with van der Waals surface area (Å²) in [6.45, 7) is 1.77. The minimum atomic E-state index is -0.363. The second kappa shape index (κ2) is 10.6. The predicted octanol–water partition coefficient (Wildman–Crippen LogP) is 3.52. The third-order valence-corrected chi connectivity index (χ3v) is 5.42. The highest BCUT2D eigenvalue weighted by atomic mass is 19.1. The van der Waals surface area contributed by atoms with Crippen molar-refractivity contribution in [2.24, 2.45) is 5.92 Å². The number of nitrogens with one attached hydrogen (secondary N) is 1. The summed E-state index contributed by atoms with van der Waals surface area (Å²) in [5.41, 5.74) is 0.933. The Kier molecular flexibility index (Phi) is 7.65. The Morgan fingerprint density at radius 3 is 2.48 bits per heavy atom. The smallest absolute Gasteiger partial charge is 0.253 e. The molecule has 0 atom stereocenters. The molecule has 1 aliphatic heterocycles. The zero-order valence-electron chi connectivity index (χ0n) is 17.8. The highest BCUT2D eigenvalue weighted by Crippen LogP contribution is 2.28. The van der Waals surface area contributed by atoms with Crippen molar-refractivity contribution in [3.8, 4) is 11.5 Å². The molecule has 6 nitrogen and oxygen atoms in total. The van der Waals surface area contributed by atoms with Gasteiger partial charge in [-0.2, -0.15) is 0 Å². The van der Waals surface area contributed by atoms with Gasteiger partial charge in [0.05, 0.1) is 14.2 Å². The molecule has 2 aromatic carbocycles. The lowest BCUT2D eigenvalue weighted by Crippen LogP contribution is -2.41. The molecule has 0 aliphatic carbocycles. The summed E-state index contributed by atoms with van der Waals surface area (Å²) in [4.78, 5) is 26.7. The van der Waals surface area contributed by atoms with Crippen LogP contribution in [0.15, 0.2) is 48.5 Å². The van der Waals surface area contributed by atoms with Crippen LogP contribution in [0.3, 0.4) is 0 Å². The van der Waals surface area contributed by atoms with E-state index in [4.69, 9.17) is 9.47 Å². The van der Waals surface area contributed by atoms with Gasteiger partial charge in [0.15, 0.2) is 11.5 Å². The second-order valence-corrected chi connectivity index (χ2v) is 7.41. The van der Waals surface area contributed by atoms with E-state index in [1.165, 1.54) is 25.3 Å². The minimum Gasteiger partial charge on any atom is -0.493 e. The molecule has 0 spiro atoms. The molecule has 0 radical (unpaired) electrons. The summed E-state index contributed by atoms with van der Waals surface area (Å²) >= 11 is 0. The first kappa shape index (κ1) is 22.3. The van der Waals surface area contributed by atoms with Crippen molar-refractivity contribution in [2.75, 3.05) is 33.9 Å². The van der Waals surface area contributed by atoms with Crippen LogP contribution in [-0.4, -0.2) is 50.6 Å². The van der Waals surface area contributed by atoms with E-state index < -0.39 is 0 Å². The molecule has 1 heterocycles. The number of nitrogens with zero attached hydrogens (tertiary/aromatic N) is 1. The summed E-state index contributed by atoms with van der Waals surface area (Å²) in [5.74, 6) is 0.730. The monoisotopic (exact) mass is 426 g/mol. The molecule has 0 aromatic heterocycles. The molecule has 0 unspecified atom stereocenters. The fourth-order valence-electron chi connectivity index (χ4n) is 3.57. The van der Waals surface area contributed by atoms with E-state index in [1.54, 1.807) is 43.5 Å². The molecule has 1 saturated heterocycles. The summed E-state index contributed by atoms with van der Waals surface area (Å²) < 4.78 is 24.1. The number of likely N-dealkylation sites (tertiary alicyclic amines) is 1. The standard InChI is InChI=1S/C24H27FN2O4/c1-30-21-9-7-19(15-22(21)31-2)24(29)27-13-11-17(12-14-27)16-26-23(28)10-8-18-5-3-4-6-20(18)25/h3-10,15,17H,11-14,16H2,1-2H3,(H,26,28)/b10-8+. The fraction of sp³-hybridized carbons (Fsp3) is 0.333. The van der Waals surface area contributed by atoms with Crippen LogP contribution in [-0.2, 0) is 4.79 Å². The molecule has 1 N–H and O–H groups in total. The van der Waals surface area contributed by atoms with Gasteiger partial charge < -0.3 is 19.7 Å². The zero-order valence-corrected chi connectivity index (χ0v) is 17.8. The fourth-order valence-corrected chi connectivity index (χ4v) is 3.57. The number of ether oxygens (including phenoxy) is 2. The van der Waals surface area contributed by atoms with E-state index in [0.29, 0.717) is 48.2 Å². The van der Waals surface area contributed by atoms with Crippen LogP contribution >= 0.6 is 0 Å². The van der Waals surface area contributed by atoms with Crippen LogP contribution in [0, 0.1) is 11.7 Å². The Morgan fingerprint density at radius 1 is 1.10 bits per heavy atom. The van der Waals surface area contributed by atoms with Crippen molar-refractivity contribution in [3.05, 3.63) is 65.5 Å². The van der Waals surface area contributed by atoms with E-state index >= 15 is 0 Å². The van der Waals surface area contributed by atoms with Crippen molar-refractivity contribution in [1.29, 1.82) is 0 Å². The second-order valence-electron chi connectivity index (χ2n) is 7.41. The number of carbonyl (C=O) groups excluding carboxylic acids is 2. The van der Waals surface area contributed by atoms with Gasteiger partial charge in [-0.05, 0) is 49.1 Å². The van der Waals surface area contributed by atoms with Gasteiger partial charge >= 0.3 is 0 Å². The molecule has 0 bridgehead atoms. The number of carbonyl (C=O) groups is 2. The number of rotatable bonds is 7. The van der Waals surface area contributed by atoms with Crippen LogP contribution in [0.4, 0.5) is 4.39 Å². The molecule has 2 amide bonds. The number of hydrogen-bond donors (Lipinski definition) is 1. The van der Waals surface area contributed by atoms with E-state index in [-0.39, 0.29) is 17.6 Å². The topological polar surface area (TPSA) is 67.9 Å². The molecule has 2 aromatic rings. The Bertz CT molecular complexity index is 952. The Balaban J connectivity index is 1.47. The van der Waals surface area contributed by atoms with Crippen LogP contribution in [0.2, 0.25) is 0 Å². The zero-order chi connectivity index (χ0) is 22.2. The summed E-state index contributed by atoms with van der Waals surface area (Å²) in [5, 5.41) is 2.86. The van der Waals surface area contributed by atoms with Crippen molar-refractivity contribution >= 4 is 17.9 Å².